The van der Waals surface area contributed by atoms with Crippen molar-refractivity contribution >= 4 is 0 Å². The first-order valence-corrected chi connectivity index (χ1v) is 10.8. The quantitative estimate of drug-likeness (QED) is 0.636. The fourth-order valence-electron chi connectivity index (χ4n) is 4.46. The lowest BCUT2D eigenvalue weighted by atomic mass is 9.74. The van der Waals surface area contributed by atoms with Crippen LogP contribution < -0.4 is 4.74 Å². The Bertz CT molecular complexity index is 694. The molecule has 1 aliphatic heterocycles. The molecule has 3 heteroatoms. The average molecular weight is 382 g/mol. The van der Waals surface area contributed by atoms with Crippen molar-refractivity contribution in [1.29, 1.82) is 0 Å². The number of nitrogens with zero attached hydrogens (tertiary/aromatic N) is 1. The van der Waals surface area contributed by atoms with Gasteiger partial charge in [-0.15, -0.1) is 0 Å². The van der Waals surface area contributed by atoms with Crippen molar-refractivity contribution < 1.29 is 9.84 Å². The summed E-state index contributed by atoms with van der Waals surface area (Å²) < 4.78 is 5.34. The average Bonchev–Trinajstić information content (AvgIpc) is 2.77. The molecule has 0 bridgehead atoms. The number of piperidine rings is 1. The Morgan fingerprint density at radius 1 is 1.00 bits per heavy atom. The van der Waals surface area contributed by atoms with Crippen molar-refractivity contribution in [3.05, 3.63) is 65.7 Å². The summed E-state index contributed by atoms with van der Waals surface area (Å²) in [6, 6.07) is 18.6. The monoisotopic (exact) mass is 381 g/mol. The van der Waals surface area contributed by atoms with E-state index in [0.717, 1.165) is 50.2 Å². The highest BCUT2D eigenvalue weighted by Crippen LogP contribution is 2.42. The molecule has 28 heavy (non-hydrogen) atoms. The van der Waals surface area contributed by atoms with Crippen LogP contribution in [0.4, 0.5) is 0 Å². The maximum Gasteiger partial charge on any atom is 0.118 e. The van der Waals surface area contributed by atoms with Crippen LogP contribution in [0, 0.1) is 0 Å². The van der Waals surface area contributed by atoms with E-state index in [0.29, 0.717) is 0 Å². The van der Waals surface area contributed by atoms with Gasteiger partial charge in [0.1, 0.15) is 5.75 Å². The molecule has 0 spiro atoms. The molecular weight excluding hydrogens is 346 g/mol. The Kier molecular flexibility index (Phi) is 7.52. The van der Waals surface area contributed by atoms with Crippen molar-refractivity contribution in [2.24, 2.45) is 0 Å². The summed E-state index contributed by atoms with van der Waals surface area (Å²) >= 11 is 0. The zero-order valence-corrected chi connectivity index (χ0v) is 17.4. The van der Waals surface area contributed by atoms with E-state index in [4.69, 9.17) is 4.74 Å². The molecule has 2 aromatic carbocycles. The van der Waals surface area contributed by atoms with Gasteiger partial charge in [0.15, 0.2) is 0 Å². The maximum atomic E-state index is 12.2. The number of ether oxygens (including phenoxy) is 1. The van der Waals surface area contributed by atoms with Gasteiger partial charge in [0.2, 0.25) is 0 Å². The summed E-state index contributed by atoms with van der Waals surface area (Å²) in [4.78, 5) is 2.54. The second kappa shape index (κ2) is 10.1. The molecule has 0 aliphatic carbocycles. The van der Waals surface area contributed by atoms with E-state index >= 15 is 0 Å². The highest BCUT2D eigenvalue weighted by molar-refractivity contribution is 5.35. The lowest BCUT2D eigenvalue weighted by Crippen LogP contribution is -2.42. The van der Waals surface area contributed by atoms with E-state index in [1.807, 2.05) is 24.3 Å². The molecule has 1 saturated heterocycles. The van der Waals surface area contributed by atoms with E-state index in [2.05, 4.69) is 42.2 Å². The van der Waals surface area contributed by atoms with E-state index in [-0.39, 0.29) is 5.92 Å². The highest BCUT2D eigenvalue weighted by atomic mass is 16.5. The fraction of sp³-hybridized carbons (Fsp3) is 0.520. The van der Waals surface area contributed by atoms with Crippen molar-refractivity contribution in [3.63, 3.8) is 0 Å². The molecule has 3 nitrogen and oxygen atoms in total. The maximum absolute atomic E-state index is 12.2. The van der Waals surface area contributed by atoms with Crippen LogP contribution in [0.25, 0.3) is 0 Å². The SMILES string of the molecule is CCCC[C@](O)(c1ccc(OC)cc1)[C@H](CN1CCCCC1)c1ccccc1. The molecule has 3 rings (SSSR count). The molecule has 2 atom stereocenters. The standard InChI is InChI=1S/C25H35NO2/c1-3-4-17-25(27,22-13-15-23(28-2)16-14-22)24(21-11-7-5-8-12-21)20-26-18-9-6-10-19-26/h5,7-8,11-16,24,27H,3-4,6,9-10,17-20H2,1-2H3/t24-,25+/m1/s1. The minimum absolute atomic E-state index is 0.0479. The molecule has 152 valence electrons. The second-order valence-corrected chi connectivity index (χ2v) is 8.08. The highest BCUT2D eigenvalue weighted by Gasteiger charge is 2.40. The molecule has 1 fully saturated rings. The van der Waals surface area contributed by atoms with Crippen LogP contribution in [0.15, 0.2) is 54.6 Å². The van der Waals surface area contributed by atoms with Gasteiger partial charge < -0.3 is 14.7 Å². The van der Waals surface area contributed by atoms with Gasteiger partial charge in [-0.25, -0.2) is 0 Å². The van der Waals surface area contributed by atoms with E-state index in [9.17, 15) is 5.11 Å². The summed E-state index contributed by atoms with van der Waals surface area (Å²) in [5.41, 5.74) is 1.33. The lowest BCUT2D eigenvalue weighted by Gasteiger charge is -2.41. The van der Waals surface area contributed by atoms with Gasteiger partial charge >= 0.3 is 0 Å². The zero-order valence-electron chi connectivity index (χ0n) is 17.4. The Balaban J connectivity index is 1.98. The van der Waals surface area contributed by atoms with Crippen LogP contribution >= 0.6 is 0 Å². The summed E-state index contributed by atoms with van der Waals surface area (Å²) in [5, 5.41) is 12.2. The molecule has 2 aromatic rings. The molecule has 0 unspecified atom stereocenters. The lowest BCUT2D eigenvalue weighted by molar-refractivity contribution is -0.0164. The zero-order chi connectivity index (χ0) is 19.8. The van der Waals surface area contributed by atoms with E-state index in [1.54, 1.807) is 7.11 Å². The van der Waals surface area contributed by atoms with E-state index < -0.39 is 5.60 Å². The summed E-state index contributed by atoms with van der Waals surface area (Å²) in [7, 11) is 1.68. The number of aliphatic hydroxyl groups is 1. The summed E-state index contributed by atoms with van der Waals surface area (Å²) in [6.45, 7) is 5.36. The molecule has 0 radical (unpaired) electrons. The third-order valence-electron chi connectivity index (χ3n) is 6.17. The minimum Gasteiger partial charge on any atom is -0.497 e. The Hall–Kier alpha value is -1.84. The van der Waals surface area contributed by atoms with Gasteiger partial charge in [-0.1, -0.05) is 68.7 Å². The number of benzene rings is 2. The summed E-state index contributed by atoms with van der Waals surface area (Å²) in [6.07, 6.45) is 6.69. The van der Waals surface area contributed by atoms with Crippen LogP contribution in [0.2, 0.25) is 0 Å². The Labute approximate surface area is 170 Å². The van der Waals surface area contributed by atoms with Crippen molar-refractivity contribution in [2.45, 2.75) is 57.0 Å². The molecule has 0 saturated carbocycles. The first-order valence-electron chi connectivity index (χ1n) is 10.8. The van der Waals surface area contributed by atoms with Gasteiger partial charge in [0.25, 0.3) is 0 Å². The van der Waals surface area contributed by atoms with Crippen LogP contribution in [-0.2, 0) is 5.60 Å². The van der Waals surface area contributed by atoms with Gasteiger partial charge in [-0.2, -0.15) is 0 Å². The van der Waals surface area contributed by atoms with Crippen LogP contribution in [0.3, 0.4) is 0 Å². The fourth-order valence-corrected chi connectivity index (χ4v) is 4.46. The molecular formula is C25H35NO2. The number of unbranched alkanes of at least 4 members (excludes halogenated alkanes) is 1. The number of likely N-dealkylation sites (tertiary alicyclic amines) is 1. The normalized spacial score (nSPS) is 18.4. The van der Waals surface area contributed by atoms with E-state index in [1.165, 1.54) is 24.8 Å². The van der Waals surface area contributed by atoms with Crippen LogP contribution in [-0.4, -0.2) is 36.8 Å². The Morgan fingerprint density at radius 3 is 2.29 bits per heavy atom. The van der Waals surface area contributed by atoms with Crippen LogP contribution in [0.5, 0.6) is 5.75 Å². The number of rotatable bonds is 9. The molecule has 1 N–H and O–H groups in total. The van der Waals surface area contributed by atoms with Crippen molar-refractivity contribution in [2.75, 3.05) is 26.7 Å². The molecule has 1 aliphatic rings. The number of methoxy groups -OCH3 is 1. The molecule has 1 heterocycles. The largest absolute Gasteiger partial charge is 0.497 e. The number of hydrogen-bond acceptors (Lipinski definition) is 3. The van der Waals surface area contributed by atoms with Gasteiger partial charge in [0.05, 0.1) is 12.7 Å². The number of hydrogen-bond donors (Lipinski definition) is 1. The Morgan fingerprint density at radius 2 is 1.68 bits per heavy atom. The third-order valence-corrected chi connectivity index (χ3v) is 6.17. The first-order chi connectivity index (χ1) is 13.7. The van der Waals surface area contributed by atoms with Crippen LogP contribution in [0.1, 0.15) is 62.5 Å². The van der Waals surface area contributed by atoms with Crippen molar-refractivity contribution in [1.82, 2.24) is 4.90 Å². The van der Waals surface area contributed by atoms with Crippen molar-refractivity contribution in [3.8, 4) is 5.75 Å². The first kappa shape index (κ1) is 20.9. The molecule has 0 amide bonds. The predicted octanol–water partition coefficient (Wildman–Crippen LogP) is 5.34. The minimum atomic E-state index is -0.888. The van der Waals surface area contributed by atoms with Gasteiger partial charge in [-0.3, -0.25) is 0 Å². The predicted molar refractivity (Wildman–Crippen MR) is 116 cm³/mol. The molecule has 0 aromatic heterocycles. The van der Waals surface area contributed by atoms with Gasteiger partial charge in [-0.05, 0) is 55.6 Å². The summed E-state index contributed by atoms with van der Waals surface area (Å²) in [5.74, 6) is 0.876. The third kappa shape index (κ3) is 4.95. The second-order valence-electron chi connectivity index (χ2n) is 8.08. The smallest absolute Gasteiger partial charge is 0.118 e. The topological polar surface area (TPSA) is 32.7 Å². The van der Waals surface area contributed by atoms with Gasteiger partial charge in [0, 0.05) is 12.5 Å².